The lowest BCUT2D eigenvalue weighted by molar-refractivity contribution is -0.158. The number of halogens is 2. The van der Waals surface area contributed by atoms with E-state index in [1.54, 1.807) is 0 Å². The number of hydrogen-bond acceptors (Lipinski definition) is 3. The van der Waals surface area contributed by atoms with Crippen molar-refractivity contribution in [1.29, 1.82) is 5.26 Å². The Labute approximate surface area is 97.0 Å². The van der Waals surface area contributed by atoms with Gasteiger partial charge in [0.1, 0.15) is 0 Å². The molecule has 3 nitrogen and oxygen atoms in total. The maximum absolute atomic E-state index is 11.7. The number of likely N-dealkylation sites (tertiary alicyclic amines) is 1. The van der Waals surface area contributed by atoms with Gasteiger partial charge in [0.15, 0.2) is 6.19 Å². The van der Waals surface area contributed by atoms with Gasteiger partial charge in [0.25, 0.3) is 0 Å². The Morgan fingerprint density at radius 3 is 2.12 bits per heavy atom. The van der Waals surface area contributed by atoms with E-state index >= 15 is 0 Å². The summed E-state index contributed by atoms with van der Waals surface area (Å²) in [4.78, 5) is 1.45. The van der Waals surface area contributed by atoms with Gasteiger partial charge in [-0.15, -0.1) is 0 Å². The smallest absolute Gasteiger partial charge is 0.318 e. The molecular weight excluding hydrogens is 214 g/mol. The van der Waals surface area contributed by atoms with E-state index in [-0.39, 0.29) is 12.6 Å². The van der Waals surface area contributed by atoms with Crippen molar-refractivity contribution in [3.8, 4) is 6.19 Å². The van der Waals surface area contributed by atoms with E-state index in [2.05, 4.69) is 4.74 Å². The molecule has 16 heavy (non-hydrogen) atoms. The molecule has 96 valence electrons. The Morgan fingerprint density at radius 1 is 1.31 bits per heavy atom. The summed E-state index contributed by atoms with van der Waals surface area (Å²) in [6.07, 6.45) is 1.92. The molecule has 0 amide bonds. The van der Waals surface area contributed by atoms with Crippen molar-refractivity contribution in [2.45, 2.75) is 59.8 Å². The second-order valence-corrected chi connectivity index (χ2v) is 2.86. The average Bonchev–Trinajstić information content (AvgIpc) is 2.63. The lowest BCUT2D eigenvalue weighted by atomic mass is 10.2. The van der Waals surface area contributed by atoms with Gasteiger partial charge in [0.05, 0.1) is 12.6 Å². The highest BCUT2D eigenvalue weighted by Gasteiger charge is 2.30. The van der Waals surface area contributed by atoms with E-state index in [1.807, 2.05) is 40.8 Å². The summed E-state index contributed by atoms with van der Waals surface area (Å²) in [5, 5.41) is 8.52. The molecule has 2 unspecified atom stereocenters. The summed E-state index contributed by atoms with van der Waals surface area (Å²) in [7, 11) is 0. The summed E-state index contributed by atoms with van der Waals surface area (Å²) in [6.45, 7) is 7.36. The van der Waals surface area contributed by atoms with Gasteiger partial charge in [-0.05, 0) is 13.3 Å². The Balaban J connectivity index is 0. The number of nitrogens with zero attached hydrogens (tertiary/aromatic N) is 2. The summed E-state index contributed by atoms with van der Waals surface area (Å²) in [6, 6.07) is 0.0127. The van der Waals surface area contributed by atoms with Gasteiger partial charge < -0.3 is 9.64 Å². The van der Waals surface area contributed by atoms with Gasteiger partial charge in [-0.1, -0.05) is 27.7 Å². The predicted octanol–water partition coefficient (Wildman–Crippen LogP) is 3.22. The zero-order chi connectivity index (χ0) is 13.1. The van der Waals surface area contributed by atoms with E-state index in [1.165, 1.54) is 4.90 Å². The first-order valence-corrected chi connectivity index (χ1v) is 5.73. The second kappa shape index (κ2) is 10.6. The number of ether oxygens (including phenoxy) is 1. The van der Waals surface area contributed by atoms with Crippen LogP contribution in [0.4, 0.5) is 8.78 Å². The van der Waals surface area contributed by atoms with Crippen LogP contribution in [0, 0.1) is 11.5 Å². The molecule has 0 bridgehead atoms. The highest BCUT2D eigenvalue weighted by Crippen LogP contribution is 2.20. The van der Waals surface area contributed by atoms with Crippen LogP contribution < -0.4 is 0 Å². The molecule has 1 aliphatic rings. The molecule has 1 fully saturated rings. The number of rotatable bonds is 2. The Bertz CT molecular complexity index is 195. The third kappa shape index (κ3) is 6.57. The number of alkyl halides is 2. The number of hydrogen-bond donors (Lipinski definition) is 0. The van der Waals surface area contributed by atoms with Crippen LogP contribution >= 0.6 is 0 Å². The molecule has 2 atom stereocenters. The molecule has 0 aromatic heterocycles. The molecule has 0 aliphatic carbocycles. The fourth-order valence-corrected chi connectivity index (χ4v) is 1.37. The zero-order valence-electron chi connectivity index (χ0n) is 10.7. The van der Waals surface area contributed by atoms with Gasteiger partial charge in [0, 0.05) is 6.04 Å². The van der Waals surface area contributed by atoms with Gasteiger partial charge in [-0.3, -0.25) is 0 Å². The fourth-order valence-electron chi connectivity index (χ4n) is 1.37. The van der Waals surface area contributed by atoms with Crippen LogP contribution in [0.1, 0.15) is 41.0 Å². The maximum Gasteiger partial charge on any atom is 0.345 e. The van der Waals surface area contributed by atoms with E-state index < -0.39 is 12.7 Å². The van der Waals surface area contributed by atoms with Gasteiger partial charge >= 0.3 is 6.61 Å². The van der Waals surface area contributed by atoms with Crippen molar-refractivity contribution in [2.24, 2.45) is 0 Å². The average molecular weight is 236 g/mol. The lowest BCUT2D eigenvalue weighted by Crippen LogP contribution is -2.23. The molecule has 0 N–H and O–H groups in total. The highest BCUT2D eigenvalue weighted by molar-refractivity contribution is 4.90. The van der Waals surface area contributed by atoms with Crippen LogP contribution in [0.5, 0.6) is 0 Å². The summed E-state index contributed by atoms with van der Waals surface area (Å²) >= 11 is 0. The third-order valence-corrected chi connectivity index (χ3v) is 1.96. The molecule has 1 saturated heterocycles. The molecular formula is C11H22F2N2O. The zero-order valence-corrected chi connectivity index (χ0v) is 10.7. The predicted molar refractivity (Wildman–Crippen MR) is 60.0 cm³/mol. The Morgan fingerprint density at radius 2 is 1.81 bits per heavy atom. The van der Waals surface area contributed by atoms with Crippen molar-refractivity contribution in [1.82, 2.24) is 4.90 Å². The van der Waals surface area contributed by atoms with Crippen LogP contribution in [0.15, 0.2) is 0 Å². The normalized spacial score (nSPS) is 22.8. The molecule has 1 heterocycles. The molecule has 5 heteroatoms. The standard InChI is InChI=1S/C7H10F2N2O.2C2H6/c1-5-2-6(12-7(8)9)3-11(5)4-10;2*1-2/h5-7H,2-3H2,1H3;2*1-2H3. The van der Waals surface area contributed by atoms with Crippen LogP contribution in [0.2, 0.25) is 0 Å². The van der Waals surface area contributed by atoms with E-state index in [0.29, 0.717) is 6.42 Å². The van der Waals surface area contributed by atoms with Gasteiger partial charge in [-0.2, -0.15) is 14.0 Å². The monoisotopic (exact) mass is 236 g/mol. The van der Waals surface area contributed by atoms with Gasteiger partial charge in [-0.25, -0.2) is 0 Å². The molecule has 0 saturated carbocycles. The van der Waals surface area contributed by atoms with E-state index in [4.69, 9.17) is 5.26 Å². The van der Waals surface area contributed by atoms with Gasteiger partial charge in [0.2, 0.25) is 0 Å². The van der Waals surface area contributed by atoms with E-state index in [0.717, 1.165) is 0 Å². The minimum absolute atomic E-state index is 0.0127. The second-order valence-electron chi connectivity index (χ2n) is 2.86. The summed E-state index contributed by atoms with van der Waals surface area (Å²) in [5.41, 5.74) is 0. The Kier molecular flexibility index (Phi) is 11.6. The fraction of sp³-hybridized carbons (Fsp3) is 0.909. The first-order chi connectivity index (χ1) is 7.63. The molecule has 0 radical (unpaired) electrons. The molecule has 0 spiro atoms. The third-order valence-electron chi connectivity index (χ3n) is 1.96. The van der Waals surface area contributed by atoms with Crippen LogP contribution in [0.25, 0.3) is 0 Å². The molecule has 1 aliphatic heterocycles. The first kappa shape index (κ1) is 17.5. The maximum atomic E-state index is 11.7. The molecule has 1 rings (SSSR count). The van der Waals surface area contributed by atoms with Crippen LogP contribution in [-0.4, -0.2) is 30.2 Å². The lowest BCUT2D eigenvalue weighted by Gasteiger charge is -2.11. The summed E-state index contributed by atoms with van der Waals surface area (Å²) < 4.78 is 27.7. The summed E-state index contributed by atoms with van der Waals surface area (Å²) in [5.74, 6) is 0. The minimum atomic E-state index is -2.74. The van der Waals surface area contributed by atoms with Crippen LogP contribution in [0.3, 0.4) is 0 Å². The first-order valence-electron chi connectivity index (χ1n) is 5.73. The van der Waals surface area contributed by atoms with Crippen LogP contribution in [-0.2, 0) is 4.74 Å². The van der Waals surface area contributed by atoms with Crippen molar-refractivity contribution in [2.75, 3.05) is 6.54 Å². The highest BCUT2D eigenvalue weighted by atomic mass is 19.3. The Hall–Kier alpha value is -0.890. The topological polar surface area (TPSA) is 36.3 Å². The largest absolute Gasteiger partial charge is 0.345 e. The van der Waals surface area contributed by atoms with Crippen molar-refractivity contribution in [3.05, 3.63) is 0 Å². The van der Waals surface area contributed by atoms with Crippen molar-refractivity contribution in [3.63, 3.8) is 0 Å². The minimum Gasteiger partial charge on any atom is -0.318 e. The number of nitriles is 1. The molecule has 0 aromatic rings. The van der Waals surface area contributed by atoms with E-state index in [9.17, 15) is 8.78 Å². The molecule has 0 aromatic carbocycles. The van der Waals surface area contributed by atoms with Crippen molar-refractivity contribution < 1.29 is 13.5 Å². The SMILES string of the molecule is CC.CC.CC1CC(OC(F)F)CN1C#N. The van der Waals surface area contributed by atoms with Crippen molar-refractivity contribution >= 4 is 0 Å². The quantitative estimate of drug-likeness (QED) is 0.691.